The molecule has 0 saturated heterocycles. The van der Waals surface area contributed by atoms with E-state index in [1.54, 1.807) is 0 Å². The monoisotopic (exact) mass is 376 g/mol. The van der Waals surface area contributed by atoms with Crippen LogP contribution in [-0.4, -0.2) is 0 Å². The quantitative estimate of drug-likeness (QED) is 0.320. The number of benzene rings is 1. The van der Waals surface area contributed by atoms with Gasteiger partial charge in [-0.15, -0.1) is 0 Å². The van der Waals surface area contributed by atoms with Gasteiger partial charge in [0, 0.05) is 0 Å². The first kappa shape index (κ1) is 22.1. The maximum Gasteiger partial charge on any atom is 0.266 e. The van der Waals surface area contributed by atoms with E-state index in [2.05, 4.69) is 31.2 Å². The molecule has 1 aliphatic carbocycles. The molecule has 27 heavy (non-hydrogen) atoms. The van der Waals surface area contributed by atoms with E-state index in [9.17, 15) is 8.78 Å². The van der Waals surface area contributed by atoms with Crippen molar-refractivity contribution in [1.29, 1.82) is 0 Å². The zero-order chi connectivity index (χ0) is 19.3. The molecule has 152 valence electrons. The standard InChI is InChI=1S/C25H38F2/c1-2-3-4-5-6-7-8-9-10-11-21-12-16-23(17-13-21)24-18-14-22(15-19-24)20-25(26)27/h12-13,16-17,20,22,24H,2-11,14-15,18-19H2,1H3. The highest BCUT2D eigenvalue weighted by Gasteiger charge is 2.21. The molecule has 1 aromatic rings. The number of rotatable bonds is 12. The predicted molar refractivity (Wildman–Crippen MR) is 112 cm³/mol. The smallest absolute Gasteiger partial charge is 0.174 e. The third kappa shape index (κ3) is 9.04. The maximum atomic E-state index is 12.4. The first-order valence-corrected chi connectivity index (χ1v) is 11.3. The predicted octanol–water partition coefficient (Wildman–Crippen LogP) is 8.81. The zero-order valence-electron chi connectivity index (χ0n) is 17.2. The number of hydrogen-bond acceptors (Lipinski definition) is 0. The Morgan fingerprint density at radius 1 is 0.815 bits per heavy atom. The van der Waals surface area contributed by atoms with E-state index in [1.807, 2.05) is 0 Å². The van der Waals surface area contributed by atoms with Gasteiger partial charge in [-0.05, 0) is 67.6 Å². The van der Waals surface area contributed by atoms with Gasteiger partial charge in [-0.25, -0.2) is 0 Å². The van der Waals surface area contributed by atoms with E-state index >= 15 is 0 Å². The van der Waals surface area contributed by atoms with Crippen molar-refractivity contribution < 1.29 is 8.78 Å². The minimum Gasteiger partial charge on any atom is -0.174 e. The molecule has 0 amide bonds. The van der Waals surface area contributed by atoms with Crippen LogP contribution in [0.2, 0.25) is 0 Å². The minimum absolute atomic E-state index is 0.0807. The fourth-order valence-corrected chi connectivity index (χ4v) is 4.39. The lowest BCUT2D eigenvalue weighted by Crippen LogP contribution is -2.11. The summed E-state index contributed by atoms with van der Waals surface area (Å²) in [6.07, 6.45) is 17.0. The van der Waals surface area contributed by atoms with E-state index in [-0.39, 0.29) is 5.92 Å². The first-order valence-electron chi connectivity index (χ1n) is 11.3. The van der Waals surface area contributed by atoms with Crippen LogP contribution in [-0.2, 0) is 6.42 Å². The number of aryl methyl sites for hydroxylation is 1. The Bertz CT molecular complexity index is 520. The van der Waals surface area contributed by atoms with Crippen molar-refractivity contribution in [3.63, 3.8) is 0 Å². The normalized spacial score (nSPS) is 19.8. The molecule has 0 atom stereocenters. The molecule has 2 heteroatoms. The number of hydrogen-bond donors (Lipinski definition) is 0. The Morgan fingerprint density at radius 3 is 1.93 bits per heavy atom. The van der Waals surface area contributed by atoms with Gasteiger partial charge >= 0.3 is 0 Å². The SMILES string of the molecule is CCCCCCCCCCCc1ccc(C2CCC(C=C(F)F)CC2)cc1. The van der Waals surface area contributed by atoms with Crippen molar-refractivity contribution in [2.45, 2.75) is 103 Å². The Balaban J connectivity index is 1.59. The van der Waals surface area contributed by atoms with Crippen molar-refractivity contribution in [2.75, 3.05) is 0 Å². The van der Waals surface area contributed by atoms with Gasteiger partial charge in [0.2, 0.25) is 0 Å². The molecule has 1 fully saturated rings. The summed E-state index contributed by atoms with van der Waals surface area (Å²) in [5.41, 5.74) is 2.84. The van der Waals surface area contributed by atoms with Gasteiger partial charge in [0.15, 0.2) is 0 Å². The van der Waals surface area contributed by atoms with Gasteiger partial charge in [-0.3, -0.25) is 0 Å². The van der Waals surface area contributed by atoms with Crippen molar-refractivity contribution in [1.82, 2.24) is 0 Å². The van der Waals surface area contributed by atoms with E-state index < -0.39 is 6.08 Å². The van der Waals surface area contributed by atoms with E-state index in [1.165, 1.54) is 75.3 Å². The molecular formula is C25H38F2. The fraction of sp³-hybridized carbons (Fsp3) is 0.680. The number of allylic oxidation sites excluding steroid dienone is 1. The molecule has 0 aromatic heterocycles. The van der Waals surface area contributed by atoms with Gasteiger partial charge in [-0.2, -0.15) is 8.78 Å². The van der Waals surface area contributed by atoms with Crippen LogP contribution in [0.25, 0.3) is 0 Å². The minimum atomic E-state index is -1.51. The second-order valence-electron chi connectivity index (χ2n) is 8.39. The van der Waals surface area contributed by atoms with Crippen LogP contribution in [0.5, 0.6) is 0 Å². The zero-order valence-corrected chi connectivity index (χ0v) is 17.2. The number of halogens is 2. The molecule has 2 rings (SSSR count). The van der Waals surface area contributed by atoms with Crippen molar-refractivity contribution in [2.24, 2.45) is 5.92 Å². The summed E-state index contributed by atoms with van der Waals surface area (Å²) >= 11 is 0. The third-order valence-corrected chi connectivity index (χ3v) is 6.15. The summed E-state index contributed by atoms with van der Waals surface area (Å²) in [5, 5.41) is 0. The van der Waals surface area contributed by atoms with Gasteiger partial charge in [-0.1, -0.05) is 82.6 Å². The summed E-state index contributed by atoms with van der Waals surface area (Å²) in [7, 11) is 0. The van der Waals surface area contributed by atoms with E-state index in [0.717, 1.165) is 31.8 Å². The second-order valence-corrected chi connectivity index (χ2v) is 8.39. The lowest BCUT2D eigenvalue weighted by atomic mass is 9.78. The second kappa shape index (κ2) is 13.1. The summed E-state index contributed by atoms with van der Waals surface area (Å²) in [6.45, 7) is 2.27. The van der Waals surface area contributed by atoms with Gasteiger partial charge < -0.3 is 0 Å². The molecule has 1 saturated carbocycles. The lowest BCUT2D eigenvalue weighted by molar-refractivity contribution is 0.351. The summed E-state index contributed by atoms with van der Waals surface area (Å²) in [4.78, 5) is 0. The highest BCUT2D eigenvalue weighted by molar-refractivity contribution is 5.26. The van der Waals surface area contributed by atoms with Crippen molar-refractivity contribution in [3.8, 4) is 0 Å². The van der Waals surface area contributed by atoms with Crippen LogP contribution in [0.4, 0.5) is 8.78 Å². The molecule has 0 spiro atoms. The van der Waals surface area contributed by atoms with E-state index in [0.29, 0.717) is 5.92 Å². The van der Waals surface area contributed by atoms with Gasteiger partial charge in [0.1, 0.15) is 0 Å². The highest BCUT2D eigenvalue weighted by atomic mass is 19.3. The Kier molecular flexibility index (Phi) is 10.7. The molecule has 0 aliphatic heterocycles. The van der Waals surface area contributed by atoms with Crippen LogP contribution >= 0.6 is 0 Å². The van der Waals surface area contributed by atoms with E-state index in [4.69, 9.17) is 0 Å². The molecule has 0 nitrogen and oxygen atoms in total. The van der Waals surface area contributed by atoms with Crippen LogP contribution in [0.3, 0.4) is 0 Å². The van der Waals surface area contributed by atoms with Crippen molar-refractivity contribution in [3.05, 3.63) is 47.5 Å². The number of unbranched alkanes of at least 4 members (excludes halogenated alkanes) is 8. The lowest BCUT2D eigenvalue weighted by Gasteiger charge is -2.27. The average Bonchev–Trinajstić information content (AvgIpc) is 2.67. The highest BCUT2D eigenvalue weighted by Crippen LogP contribution is 2.37. The summed E-state index contributed by atoms with van der Waals surface area (Å²) < 4.78 is 24.8. The van der Waals surface area contributed by atoms with Crippen LogP contribution < -0.4 is 0 Å². The first-order chi connectivity index (χ1) is 13.2. The van der Waals surface area contributed by atoms with Crippen molar-refractivity contribution >= 4 is 0 Å². The maximum absolute atomic E-state index is 12.4. The molecule has 1 aromatic carbocycles. The Labute approximate surface area is 165 Å². The molecule has 0 radical (unpaired) electrons. The molecule has 0 unspecified atom stereocenters. The molecule has 0 N–H and O–H groups in total. The van der Waals surface area contributed by atoms with Crippen LogP contribution in [0.1, 0.15) is 107 Å². The van der Waals surface area contributed by atoms with Gasteiger partial charge in [0.25, 0.3) is 6.08 Å². The van der Waals surface area contributed by atoms with Crippen LogP contribution in [0.15, 0.2) is 36.4 Å². The summed E-state index contributed by atoms with van der Waals surface area (Å²) in [6, 6.07) is 9.12. The Morgan fingerprint density at radius 2 is 1.37 bits per heavy atom. The molecule has 1 aliphatic rings. The fourth-order valence-electron chi connectivity index (χ4n) is 4.39. The largest absolute Gasteiger partial charge is 0.266 e. The van der Waals surface area contributed by atoms with Crippen LogP contribution in [0, 0.1) is 5.92 Å². The molecule has 0 bridgehead atoms. The third-order valence-electron chi connectivity index (χ3n) is 6.15. The molecule has 0 heterocycles. The topological polar surface area (TPSA) is 0 Å². The molecular weight excluding hydrogens is 338 g/mol. The average molecular weight is 377 g/mol. The Hall–Kier alpha value is -1.18. The summed E-state index contributed by atoms with van der Waals surface area (Å²) in [5.74, 6) is 0.635. The van der Waals surface area contributed by atoms with Gasteiger partial charge in [0.05, 0.1) is 0 Å².